The third kappa shape index (κ3) is 3.66. The van der Waals surface area contributed by atoms with Crippen LogP contribution in [-0.4, -0.2) is 21.9 Å². The van der Waals surface area contributed by atoms with Gasteiger partial charge in [0.05, 0.1) is 11.6 Å². The Hall–Kier alpha value is -3.35. The summed E-state index contributed by atoms with van der Waals surface area (Å²) < 4.78 is 14.2. The zero-order valence-corrected chi connectivity index (χ0v) is 14.1. The SMILES string of the molecule is CCCn1nc(C(=O)N/N=C\c2ccc(F)cc2)c2ccccc2c1=O. The third-order valence-electron chi connectivity index (χ3n) is 3.77. The highest BCUT2D eigenvalue weighted by atomic mass is 19.1. The van der Waals surface area contributed by atoms with Crippen LogP contribution in [0.25, 0.3) is 10.8 Å². The third-order valence-corrected chi connectivity index (χ3v) is 3.77. The minimum atomic E-state index is -0.524. The Labute approximate surface area is 149 Å². The number of hydrogen-bond acceptors (Lipinski definition) is 4. The van der Waals surface area contributed by atoms with Crippen molar-refractivity contribution in [3.63, 3.8) is 0 Å². The number of aryl methyl sites for hydroxylation is 1. The van der Waals surface area contributed by atoms with Gasteiger partial charge in [-0.15, -0.1) is 0 Å². The maximum absolute atomic E-state index is 12.9. The first-order chi connectivity index (χ1) is 12.6. The number of carbonyl (C=O) groups excluding carboxylic acids is 1. The van der Waals surface area contributed by atoms with Gasteiger partial charge in [-0.1, -0.05) is 37.3 Å². The summed E-state index contributed by atoms with van der Waals surface area (Å²) in [5.41, 5.74) is 2.94. The minimum absolute atomic E-state index is 0.130. The van der Waals surface area contributed by atoms with Gasteiger partial charge >= 0.3 is 0 Å². The Bertz CT molecular complexity index is 1030. The highest BCUT2D eigenvalue weighted by molar-refractivity contribution is 6.04. The number of amides is 1. The number of nitrogens with zero attached hydrogens (tertiary/aromatic N) is 3. The van der Waals surface area contributed by atoms with Gasteiger partial charge in [0.15, 0.2) is 5.69 Å². The molecule has 0 unspecified atom stereocenters. The lowest BCUT2D eigenvalue weighted by Crippen LogP contribution is -2.29. The van der Waals surface area contributed by atoms with Crippen LogP contribution in [0.15, 0.2) is 58.4 Å². The topological polar surface area (TPSA) is 76.3 Å². The van der Waals surface area contributed by atoms with Gasteiger partial charge in [-0.05, 0) is 30.2 Å². The predicted octanol–water partition coefficient (Wildman–Crippen LogP) is 2.71. The summed E-state index contributed by atoms with van der Waals surface area (Å²) in [4.78, 5) is 24.9. The average molecular weight is 352 g/mol. The molecule has 132 valence electrons. The van der Waals surface area contributed by atoms with Crippen LogP contribution < -0.4 is 11.0 Å². The van der Waals surface area contributed by atoms with Gasteiger partial charge < -0.3 is 0 Å². The molecular weight excluding hydrogens is 335 g/mol. The van der Waals surface area contributed by atoms with Crippen molar-refractivity contribution in [2.75, 3.05) is 0 Å². The predicted molar refractivity (Wildman–Crippen MR) is 97.8 cm³/mol. The number of fused-ring (bicyclic) bond motifs is 1. The van der Waals surface area contributed by atoms with E-state index >= 15 is 0 Å². The molecule has 3 aromatic rings. The van der Waals surface area contributed by atoms with Crippen LogP contribution >= 0.6 is 0 Å². The van der Waals surface area contributed by atoms with Crippen LogP contribution in [0.5, 0.6) is 0 Å². The average Bonchev–Trinajstić information content (AvgIpc) is 2.65. The normalized spacial score (nSPS) is 11.2. The van der Waals surface area contributed by atoms with Crippen molar-refractivity contribution in [3.05, 3.63) is 76.0 Å². The van der Waals surface area contributed by atoms with Gasteiger partial charge in [0.25, 0.3) is 11.5 Å². The van der Waals surface area contributed by atoms with Crippen molar-refractivity contribution in [1.82, 2.24) is 15.2 Å². The molecule has 0 bridgehead atoms. The van der Waals surface area contributed by atoms with Crippen molar-refractivity contribution >= 4 is 22.9 Å². The van der Waals surface area contributed by atoms with Gasteiger partial charge in [-0.3, -0.25) is 9.59 Å². The first kappa shape index (κ1) is 17.5. The fraction of sp³-hybridized carbons (Fsp3) is 0.158. The largest absolute Gasteiger partial charge is 0.292 e. The van der Waals surface area contributed by atoms with Crippen molar-refractivity contribution in [1.29, 1.82) is 0 Å². The molecule has 1 N–H and O–H groups in total. The van der Waals surface area contributed by atoms with Crippen molar-refractivity contribution < 1.29 is 9.18 Å². The number of hydrogen-bond donors (Lipinski definition) is 1. The summed E-state index contributed by atoms with van der Waals surface area (Å²) in [7, 11) is 0. The quantitative estimate of drug-likeness (QED) is 0.567. The Kier molecular flexibility index (Phi) is 5.17. The van der Waals surface area contributed by atoms with E-state index in [0.29, 0.717) is 22.9 Å². The summed E-state index contributed by atoms with van der Waals surface area (Å²) in [5.74, 6) is -0.871. The summed E-state index contributed by atoms with van der Waals surface area (Å²) in [6.45, 7) is 2.35. The van der Waals surface area contributed by atoms with E-state index in [1.54, 1.807) is 36.4 Å². The van der Waals surface area contributed by atoms with Gasteiger partial charge in [0.1, 0.15) is 5.82 Å². The van der Waals surface area contributed by atoms with Crippen LogP contribution in [0, 0.1) is 5.82 Å². The molecular formula is C19H17FN4O2. The summed E-state index contributed by atoms with van der Waals surface area (Å²) in [6, 6.07) is 12.5. The number of rotatable bonds is 5. The summed E-state index contributed by atoms with van der Waals surface area (Å²) in [5, 5.41) is 8.98. The molecule has 3 rings (SSSR count). The molecule has 0 aliphatic rings. The minimum Gasteiger partial charge on any atom is -0.267 e. The molecule has 0 atom stereocenters. The molecule has 0 spiro atoms. The maximum atomic E-state index is 12.9. The summed E-state index contributed by atoms with van der Waals surface area (Å²) >= 11 is 0. The van der Waals surface area contributed by atoms with Crippen molar-refractivity contribution in [2.24, 2.45) is 5.10 Å². The molecule has 0 radical (unpaired) electrons. The first-order valence-electron chi connectivity index (χ1n) is 8.19. The monoisotopic (exact) mass is 352 g/mol. The highest BCUT2D eigenvalue weighted by Gasteiger charge is 2.15. The Morgan fingerprint density at radius 2 is 1.88 bits per heavy atom. The number of hydrazone groups is 1. The molecule has 0 fully saturated rings. The zero-order valence-electron chi connectivity index (χ0n) is 14.1. The van der Waals surface area contributed by atoms with Gasteiger partial charge in [-0.25, -0.2) is 14.5 Å². The fourth-order valence-corrected chi connectivity index (χ4v) is 2.53. The van der Waals surface area contributed by atoms with E-state index in [-0.39, 0.29) is 17.1 Å². The van der Waals surface area contributed by atoms with E-state index in [9.17, 15) is 14.0 Å². The smallest absolute Gasteiger partial charge is 0.267 e. The standard InChI is InChI=1S/C19H17FN4O2/c1-2-11-24-19(26)16-6-4-3-5-15(16)17(23-24)18(25)22-21-12-13-7-9-14(20)10-8-13/h3-10,12H,2,11H2,1H3,(H,22,25)/b21-12-. The first-order valence-corrected chi connectivity index (χ1v) is 8.19. The van der Waals surface area contributed by atoms with Crippen LogP contribution in [0.2, 0.25) is 0 Å². The molecule has 1 amide bonds. The Morgan fingerprint density at radius 3 is 2.58 bits per heavy atom. The highest BCUT2D eigenvalue weighted by Crippen LogP contribution is 2.13. The van der Waals surface area contributed by atoms with E-state index < -0.39 is 5.91 Å². The molecule has 0 saturated heterocycles. The molecule has 1 heterocycles. The van der Waals surface area contributed by atoms with Crippen LogP contribution in [0.3, 0.4) is 0 Å². The second-order valence-electron chi connectivity index (χ2n) is 5.67. The molecule has 1 aromatic heterocycles. The lowest BCUT2D eigenvalue weighted by atomic mass is 10.1. The van der Waals surface area contributed by atoms with Crippen molar-refractivity contribution in [3.8, 4) is 0 Å². The number of carbonyl (C=O) groups is 1. The molecule has 6 nitrogen and oxygen atoms in total. The zero-order chi connectivity index (χ0) is 18.5. The van der Waals surface area contributed by atoms with Crippen LogP contribution in [0.4, 0.5) is 4.39 Å². The number of aromatic nitrogens is 2. The molecule has 2 aromatic carbocycles. The molecule has 26 heavy (non-hydrogen) atoms. The van der Waals surface area contributed by atoms with E-state index in [0.717, 1.165) is 6.42 Å². The lowest BCUT2D eigenvalue weighted by Gasteiger charge is -2.09. The second kappa shape index (κ2) is 7.69. The number of benzene rings is 2. The van der Waals surface area contributed by atoms with E-state index in [1.165, 1.54) is 23.0 Å². The second-order valence-corrected chi connectivity index (χ2v) is 5.67. The Balaban J connectivity index is 1.91. The Morgan fingerprint density at radius 1 is 1.19 bits per heavy atom. The van der Waals surface area contributed by atoms with Gasteiger partial charge in [-0.2, -0.15) is 10.2 Å². The summed E-state index contributed by atoms with van der Waals surface area (Å²) in [6.07, 6.45) is 2.12. The van der Waals surface area contributed by atoms with Crippen LogP contribution in [0.1, 0.15) is 29.4 Å². The molecule has 0 saturated carbocycles. The number of halogens is 1. The van der Waals surface area contributed by atoms with Crippen molar-refractivity contribution in [2.45, 2.75) is 19.9 Å². The van der Waals surface area contributed by atoms with Gasteiger partial charge in [0.2, 0.25) is 0 Å². The number of nitrogens with one attached hydrogen (secondary N) is 1. The molecule has 0 aliphatic carbocycles. The van der Waals surface area contributed by atoms with E-state index in [4.69, 9.17) is 0 Å². The molecule has 0 aliphatic heterocycles. The van der Waals surface area contributed by atoms with E-state index in [1.807, 2.05) is 6.92 Å². The lowest BCUT2D eigenvalue weighted by molar-refractivity contribution is 0.0949. The van der Waals surface area contributed by atoms with Crippen LogP contribution in [-0.2, 0) is 6.54 Å². The fourth-order valence-electron chi connectivity index (χ4n) is 2.53. The van der Waals surface area contributed by atoms with E-state index in [2.05, 4.69) is 15.6 Å². The van der Waals surface area contributed by atoms with Gasteiger partial charge in [0, 0.05) is 11.9 Å². The maximum Gasteiger partial charge on any atom is 0.292 e. The molecule has 7 heteroatoms.